The summed E-state index contributed by atoms with van der Waals surface area (Å²) in [6.07, 6.45) is 1.82. The second kappa shape index (κ2) is 8.67. The number of benzene rings is 1. The minimum Gasteiger partial charge on any atom is -0.483 e. The number of fused-ring (bicyclic) bond motifs is 2. The Morgan fingerprint density at radius 3 is 2.97 bits per heavy atom. The van der Waals surface area contributed by atoms with E-state index in [-0.39, 0.29) is 33.9 Å². The molecule has 0 bridgehead atoms. The van der Waals surface area contributed by atoms with E-state index in [2.05, 4.69) is 17.2 Å². The zero-order chi connectivity index (χ0) is 22.9. The molecule has 0 radical (unpaired) electrons. The Morgan fingerprint density at radius 2 is 2.19 bits per heavy atom. The number of ether oxygens (including phenoxy) is 2. The number of hydrogen-bond donors (Lipinski definition) is 2. The van der Waals surface area contributed by atoms with Crippen LogP contribution in [0.2, 0.25) is 0 Å². The Bertz CT molecular complexity index is 1170. The van der Waals surface area contributed by atoms with Gasteiger partial charge < -0.3 is 25.0 Å². The molecule has 0 spiro atoms. The van der Waals surface area contributed by atoms with Crippen molar-refractivity contribution in [3.63, 3.8) is 0 Å². The largest absolute Gasteiger partial charge is 0.483 e. The van der Waals surface area contributed by atoms with Crippen LogP contribution in [0.1, 0.15) is 27.3 Å². The summed E-state index contributed by atoms with van der Waals surface area (Å²) in [5, 5.41) is 5.39. The van der Waals surface area contributed by atoms with Crippen LogP contribution in [0.4, 0.5) is 5.69 Å². The maximum atomic E-state index is 12.9. The van der Waals surface area contributed by atoms with Gasteiger partial charge in [-0.3, -0.25) is 9.59 Å². The molecule has 2 N–H and O–H groups in total. The lowest BCUT2D eigenvalue weighted by atomic mass is 10.1. The fraction of sp³-hybridized carbons (Fsp3) is 0.333. The van der Waals surface area contributed by atoms with Crippen molar-refractivity contribution >= 4 is 27.5 Å². The highest BCUT2D eigenvalue weighted by molar-refractivity contribution is 7.90. The van der Waals surface area contributed by atoms with Crippen molar-refractivity contribution in [1.82, 2.24) is 14.2 Å². The maximum absolute atomic E-state index is 12.9. The summed E-state index contributed by atoms with van der Waals surface area (Å²) < 4.78 is 37.6. The summed E-state index contributed by atoms with van der Waals surface area (Å²) in [5.41, 5.74) is 0.311. The molecule has 1 atom stereocenters. The van der Waals surface area contributed by atoms with Gasteiger partial charge in [0.25, 0.3) is 21.8 Å². The molecule has 2 aliphatic rings. The lowest BCUT2D eigenvalue weighted by Crippen LogP contribution is -2.43. The highest BCUT2D eigenvalue weighted by Gasteiger charge is 2.30. The molecule has 0 aliphatic carbocycles. The van der Waals surface area contributed by atoms with Crippen molar-refractivity contribution in [1.29, 1.82) is 0 Å². The van der Waals surface area contributed by atoms with E-state index in [4.69, 9.17) is 9.47 Å². The second-order valence-electron chi connectivity index (χ2n) is 7.44. The number of nitrogens with zero attached hydrogens (tertiary/aromatic N) is 2. The average molecular weight is 461 g/mol. The molecule has 11 heteroatoms. The molecule has 0 saturated carbocycles. The molecular weight excluding hydrogens is 436 g/mol. The third kappa shape index (κ3) is 4.08. The number of morpholine rings is 1. The molecule has 2 amide bonds. The van der Waals surface area contributed by atoms with E-state index >= 15 is 0 Å². The minimum absolute atomic E-state index is 0.00452. The molecular formula is C21H24N4O6S. The Kier molecular flexibility index (Phi) is 5.94. The highest BCUT2D eigenvalue weighted by atomic mass is 32.2. The number of hydrogen-bond acceptors (Lipinski definition) is 7. The standard InChI is InChI=1S/C21H24N4O6S/c1-14(30-2)24-10-11-31-16(13-24)7-8-22-20(26)15-5-6-19-17(12-15)23-21(27)18-4-3-9-25(18)32(19,28)29/h3-6,9,12,16H,1,7-8,10-11,13H2,2H3,(H,22,26)(H,23,27). The quantitative estimate of drug-likeness (QED) is 0.623. The lowest BCUT2D eigenvalue weighted by molar-refractivity contribution is -0.0372. The van der Waals surface area contributed by atoms with Gasteiger partial charge in [0.1, 0.15) is 10.6 Å². The van der Waals surface area contributed by atoms with E-state index in [0.29, 0.717) is 38.5 Å². The zero-order valence-corrected chi connectivity index (χ0v) is 18.4. The molecule has 1 fully saturated rings. The highest BCUT2D eigenvalue weighted by Crippen LogP contribution is 2.29. The summed E-state index contributed by atoms with van der Waals surface area (Å²) in [6.45, 7) is 6.08. The summed E-state index contributed by atoms with van der Waals surface area (Å²) in [7, 11) is -2.38. The monoisotopic (exact) mass is 460 g/mol. The molecule has 2 aromatic rings. The van der Waals surface area contributed by atoms with Gasteiger partial charge in [-0.1, -0.05) is 0 Å². The lowest BCUT2D eigenvalue weighted by Gasteiger charge is -2.34. The molecule has 1 unspecified atom stereocenters. The van der Waals surface area contributed by atoms with Crippen LogP contribution in [0, 0.1) is 0 Å². The van der Waals surface area contributed by atoms with Crippen LogP contribution >= 0.6 is 0 Å². The van der Waals surface area contributed by atoms with Crippen molar-refractivity contribution in [3.8, 4) is 0 Å². The first-order valence-electron chi connectivity index (χ1n) is 10.1. The van der Waals surface area contributed by atoms with Crippen molar-refractivity contribution < 1.29 is 27.5 Å². The summed E-state index contributed by atoms with van der Waals surface area (Å²) >= 11 is 0. The number of nitrogens with one attached hydrogen (secondary N) is 2. The summed E-state index contributed by atoms with van der Waals surface area (Å²) in [6, 6.07) is 7.03. The zero-order valence-electron chi connectivity index (χ0n) is 17.5. The van der Waals surface area contributed by atoms with Crippen LogP contribution in [-0.2, 0) is 19.5 Å². The average Bonchev–Trinajstić information content (AvgIpc) is 3.27. The number of methoxy groups -OCH3 is 1. The van der Waals surface area contributed by atoms with Crippen molar-refractivity contribution in [2.75, 3.05) is 38.7 Å². The Morgan fingerprint density at radius 1 is 1.38 bits per heavy atom. The maximum Gasteiger partial charge on any atom is 0.273 e. The third-order valence-electron chi connectivity index (χ3n) is 5.45. The summed E-state index contributed by atoms with van der Waals surface area (Å²) in [5.74, 6) is -0.361. The number of aromatic nitrogens is 1. The number of anilines is 1. The molecule has 1 saturated heterocycles. The predicted molar refractivity (Wildman–Crippen MR) is 116 cm³/mol. The van der Waals surface area contributed by atoms with E-state index in [1.54, 1.807) is 7.11 Å². The van der Waals surface area contributed by atoms with Gasteiger partial charge in [-0.25, -0.2) is 12.4 Å². The van der Waals surface area contributed by atoms with Gasteiger partial charge in [0, 0.05) is 31.4 Å². The van der Waals surface area contributed by atoms with Gasteiger partial charge in [-0.05, 0) is 43.3 Å². The smallest absolute Gasteiger partial charge is 0.273 e. The van der Waals surface area contributed by atoms with Crippen LogP contribution in [0.3, 0.4) is 0 Å². The van der Waals surface area contributed by atoms with Gasteiger partial charge in [0.05, 0.1) is 25.5 Å². The molecule has 1 aromatic heterocycles. The van der Waals surface area contributed by atoms with Gasteiger partial charge in [-0.15, -0.1) is 0 Å². The number of amides is 2. The SMILES string of the molecule is C=C(OC)N1CCOC(CCNC(=O)c2ccc3c(c2)NC(=O)c2cccn2S3(=O)=O)C1. The fourth-order valence-corrected chi connectivity index (χ4v) is 5.21. The van der Waals surface area contributed by atoms with Crippen molar-refractivity contribution in [2.45, 2.75) is 17.4 Å². The molecule has 4 rings (SSSR count). The summed E-state index contributed by atoms with van der Waals surface area (Å²) in [4.78, 5) is 26.9. The Balaban J connectivity index is 1.42. The fourth-order valence-electron chi connectivity index (χ4n) is 3.74. The molecule has 32 heavy (non-hydrogen) atoms. The van der Waals surface area contributed by atoms with Crippen molar-refractivity contribution in [2.24, 2.45) is 0 Å². The van der Waals surface area contributed by atoms with E-state index in [1.807, 2.05) is 4.90 Å². The van der Waals surface area contributed by atoms with Crippen LogP contribution in [0.25, 0.3) is 0 Å². The molecule has 1 aromatic carbocycles. The van der Waals surface area contributed by atoms with E-state index in [1.165, 1.54) is 36.5 Å². The first-order valence-corrected chi connectivity index (χ1v) is 11.5. The van der Waals surface area contributed by atoms with Crippen LogP contribution < -0.4 is 10.6 Å². The first kappa shape index (κ1) is 21.9. The van der Waals surface area contributed by atoms with Gasteiger partial charge >= 0.3 is 0 Å². The van der Waals surface area contributed by atoms with Gasteiger partial charge in [0.2, 0.25) is 0 Å². The van der Waals surface area contributed by atoms with Gasteiger partial charge in [-0.2, -0.15) is 0 Å². The third-order valence-corrected chi connectivity index (χ3v) is 7.20. The second-order valence-corrected chi connectivity index (χ2v) is 9.22. The van der Waals surface area contributed by atoms with Gasteiger partial charge in [0.15, 0.2) is 5.88 Å². The van der Waals surface area contributed by atoms with Crippen LogP contribution in [0.15, 0.2) is 53.9 Å². The van der Waals surface area contributed by atoms with E-state index < -0.39 is 15.9 Å². The Labute approximate surface area is 185 Å². The minimum atomic E-state index is -3.95. The first-order chi connectivity index (χ1) is 15.3. The number of rotatable bonds is 6. The molecule has 170 valence electrons. The molecule has 2 aliphatic heterocycles. The normalized spacial score (nSPS) is 19.2. The van der Waals surface area contributed by atoms with E-state index in [9.17, 15) is 18.0 Å². The topological polar surface area (TPSA) is 119 Å². The van der Waals surface area contributed by atoms with Crippen LogP contribution in [-0.4, -0.2) is 68.6 Å². The molecule has 3 heterocycles. The Hall–Kier alpha value is -3.31. The predicted octanol–water partition coefficient (Wildman–Crippen LogP) is 1.23. The molecule has 10 nitrogen and oxygen atoms in total. The number of carbonyl (C=O) groups is 2. The van der Waals surface area contributed by atoms with E-state index in [0.717, 1.165) is 3.97 Å². The van der Waals surface area contributed by atoms with Crippen LogP contribution in [0.5, 0.6) is 0 Å². The number of carbonyl (C=O) groups excluding carboxylic acids is 2. The van der Waals surface area contributed by atoms with Crippen molar-refractivity contribution in [3.05, 3.63) is 60.2 Å².